The van der Waals surface area contributed by atoms with Crippen molar-refractivity contribution in [2.24, 2.45) is 12.8 Å². The number of halogens is 1. The van der Waals surface area contributed by atoms with E-state index in [2.05, 4.69) is 21.0 Å². The average molecular weight is 216 g/mol. The number of aryl methyl sites for hydroxylation is 1. The molecule has 2 rings (SSSR count). The van der Waals surface area contributed by atoms with E-state index in [1.165, 1.54) is 0 Å². The highest BCUT2D eigenvalue weighted by Crippen LogP contribution is 2.45. The summed E-state index contributed by atoms with van der Waals surface area (Å²) in [5, 5.41) is 4.11. The first-order valence-corrected chi connectivity index (χ1v) is 4.40. The van der Waals surface area contributed by atoms with Crippen molar-refractivity contribution >= 4 is 15.9 Å². The van der Waals surface area contributed by atoms with E-state index in [1.54, 1.807) is 4.68 Å². The Morgan fingerprint density at radius 1 is 1.73 bits per heavy atom. The monoisotopic (exact) mass is 215 g/mol. The minimum Gasteiger partial charge on any atom is -0.321 e. The standard InChI is InChI=1S/C7H10BrN3/c1-11-6(8)5(4-10-11)7(9)2-3-7/h4H,2-3,9H2,1H3. The lowest BCUT2D eigenvalue weighted by molar-refractivity contribution is 0.716. The van der Waals surface area contributed by atoms with Gasteiger partial charge in [0.05, 0.1) is 6.20 Å². The number of rotatable bonds is 1. The zero-order valence-electron chi connectivity index (χ0n) is 6.34. The third kappa shape index (κ3) is 1.01. The third-order valence-corrected chi connectivity index (χ3v) is 3.13. The molecule has 0 aliphatic heterocycles. The van der Waals surface area contributed by atoms with Crippen LogP contribution in [-0.4, -0.2) is 9.78 Å². The van der Waals surface area contributed by atoms with E-state index in [0.29, 0.717) is 0 Å². The molecule has 0 unspecified atom stereocenters. The second-order valence-corrected chi connectivity index (χ2v) is 3.88. The highest BCUT2D eigenvalue weighted by atomic mass is 79.9. The highest BCUT2D eigenvalue weighted by Gasteiger charge is 2.42. The maximum absolute atomic E-state index is 6.00. The molecular formula is C7H10BrN3. The van der Waals surface area contributed by atoms with E-state index in [9.17, 15) is 0 Å². The van der Waals surface area contributed by atoms with Gasteiger partial charge in [0.15, 0.2) is 0 Å². The van der Waals surface area contributed by atoms with Gasteiger partial charge in [-0.2, -0.15) is 5.10 Å². The second-order valence-electron chi connectivity index (χ2n) is 3.13. The van der Waals surface area contributed by atoms with Gasteiger partial charge in [0.25, 0.3) is 0 Å². The summed E-state index contributed by atoms with van der Waals surface area (Å²) in [6.45, 7) is 0. The minimum atomic E-state index is -0.0763. The predicted molar refractivity (Wildman–Crippen MR) is 46.0 cm³/mol. The molecule has 0 radical (unpaired) electrons. The molecule has 0 bridgehead atoms. The second kappa shape index (κ2) is 2.08. The summed E-state index contributed by atoms with van der Waals surface area (Å²) in [5.41, 5.74) is 7.06. The Bertz CT molecular complexity index is 288. The molecule has 0 atom stereocenters. The molecule has 0 aromatic carbocycles. The van der Waals surface area contributed by atoms with Crippen LogP contribution in [0, 0.1) is 0 Å². The van der Waals surface area contributed by atoms with Crippen molar-refractivity contribution < 1.29 is 0 Å². The summed E-state index contributed by atoms with van der Waals surface area (Å²) in [6, 6.07) is 0. The fraction of sp³-hybridized carbons (Fsp3) is 0.571. The molecule has 1 aromatic rings. The van der Waals surface area contributed by atoms with Crippen molar-refractivity contribution in [3.63, 3.8) is 0 Å². The summed E-state index contributed by atoms with van der Waals surface area (Å²) in [4.78, 5) is 0. The normalized spacial score (nSPS) is 20.3. The van der Waals surface area contributed by atoms with Crippen molar-refractivity contribution in [2.75, 3.05) is 0 Å². The molecule has 60 valence electrons. The molecular weight excluding hydrogens is 206 g/mol. The van der Waals surface area contributed by atoms with Crippen LogP contribution < -0.4 is 5.73 Å². The fourth-order valence-electron chi connectivity index (χ4n) is 1.16. The average Bonchev–Trinajstić information content (AvgIpc) is 2.60. The lowest BCUT2D eigenvalue weighted by Gasteiger charge is -2.05. The fourth-order valence-corrected chi connectivity index (χ4v) is 1.75. The molecule has 2 N–H and O–H groups in total. The van der Waals surface area contributed by atoms with Crippen molar-refractivity contribution in [3.8, 4) is 0 Å². The molecule has 1 aromatic heterocycles. The number of hydrogen-bond acceptors (Lipinski definition) is 2. The molecule has 3 nitrogen and oxygen atoms in total. The van der Waals surface area contributed by atoms with Gasteiger partial charge in [-0.15, -0.1) is 0 Å². The van der Waals surface area contributed by atoms with Gasteiger partial charge in [0, 0.05) is 18.2 Å². The Kier molecular flexibility index (Phi) is 1.38. The lowest BCUT2D eigenvalue weighted by Crippen LogP contribution is -2.18. The Labute approximate surface area is 73.7 Å². The predicted octanol–water partition coefficient (Wildman–Crippen LogP) is 1.13. The van der Waals surface area contributed by atoms with Gasteiger partial charge in [-0.3, -0.25) is 4.68 Å². The Morgan fingerprint density at radius 3 is 2.73 bits per heavy atom. The van der Waals surface area contributed by atoms with Crippen molar-refractivity contribution in [2.45, 2.75) is 18.4 Å². The summed E-state index contributed by atoms with van der Waals surface area (Å²) in [7, 11) is 1.90. The van der Waals surface area contributed by atoms with Crippen LogP contribution in [0.2, 0.25) is 0 Å². The summed E-state index contributed by atoms with van der Waals surface area (Å²) in [6.07, 6.45) is 4.01. The van der Waals surface area contributed by atoms with E-state index in [1.807, 2.05) is 13.2 Å². The van der Waals surface area contributed by atoms with Gasteiger partial charge in [-0.1, -0.05) is 0 Å². The van der Waals surface area contributed by atoms with Gasteiger partial charge in [0.2, 0.25) is 0 Å². The molecule has 0 amide bonds. The smallest absolute Gasteiger partial charge is 0.108 e. The number of aromatic nitrogens is 2. The van der Waals surface area contributed by atoms with Crippen LogP contribution in [0.5, 0.6) is 0 Å². The van der Waals surface area contributed by atoms with Gasteiger partial charge in [-0.05, 0) is 28.8 Å². The molecule has 1 aliphatic carbocycles. The summed E-state index contributed by atoms with van der Waals surface area (Å²) in [5.74, 6) is 0. The van der Waals surface area contributed by atoms with Crippen LogP contribution in [0.25, 0.3) is 0 Å². The van der Waals surface area contributed by atoms with Gasteiger partial charge in [0.1, 0.15) is 4.60 Å². The first kappa shape index (κ1) is 7.31. The van der Waals surface area contributed by atoms with Crippen molar-refractivity contribution in [1.29, 1.82) is 0 Å². The van der Waals surface area contributed by atoms with Gasteiger partial charge in [-0.25, -0.2) is 0 Å². The van der Waals surface area contributed by atoms with Crippen LogP contribution in [0.4, 0.5) is 0 Å². The van der Waals surface area contributed by atoms with Crippen LogP contribution in [0.15, 0.2) is 10.8 Å². The molecule has 4 heteroatoms. The van der Waals surface area contributed by atoms with Crippen molar-refractivity contribution in [3.05, 3.63) is 16.4 Å². The summed E-state index contributed by atoms with van der Waals surface area (Å²) < 4.78 is 2.81. The minimum absolute atomic E-state index is 0.0763. The van der Waals surface area contributed by atoms with E-state index < -0.39 is 0 Å². The Morgan fingerprint density at radius 2 is 2.36 bits per heavy atom. The van der Waals surface area contributed by atoms with Gasteiger partial charge < -0.3 is 5.73 Å². The summed E-state index contributed by atoms with van der Waals surface area (Å²) >= 11 is 3.45. The molecule has 1 aliphatic rings. The number of hydrogen-bond donors (Lipinski definition) is 1. The number of nitrogens with two attached hydrogens (primary N) is 1. The van der Waals surface area contributed by atoms with E-state index >= 15 is 0 Å². The van der Waals surface area contributed by atoms with E-state index in [-0.39, 0.29) is 5.54 Å². The zero-order valence-corrected chi connectivity index (χ0v) is 7.93. The SMILES string of the molecule is Cn1ncc(C2(N)CC2)c1Br. The molecule has 0 spiro atoms. The van der Waals surface area contributed by atoms with Crippen LogP contribution in [-0.2, 0) is 12.6 Å². The van der Waals surface area contributed by atoms with Crippen LogP contribution in [0.3, 0.4) is 0 Å². The van der Waals surface area contributed by atoms with Crippen LogP contribution in [0.1, 0.15) is 18.4 Å². The van der Waals surface area contributed by atoms with Crippen molar-refractivity contribution in [1.82, 2.24) is 9.78 Å². The number of nitrogens with zero attached hydrogens (tertiary/aromatic N) is 2. The Balaban J connectivity index is 2.45. The third-order valence-electron chi connectivity index (χ3n) is 2.19. The maximum atomic E-state index is 6.00. The Hall–Kier alpha value is -0.350. The van der Waals surface area contributed by atoms with E-state index in [4.69, 9.17) is 5.73 Å². The quantitative estimate of drug-likeness (QED) is 0.764. The largest absolute Gasteiger partial charge is 0.321 e. The maximum Gasteiger partial charge on any atom is 0.108 e. The first-order chi connectivity index (χ1) is 5.13. The first-order valence-electron chi connectivity index (χ1n) is 3.60. The topological polar surface area (TPSA) is 43.8 Å². The lowest BCUT2D eigenvalue weighted by atomic mass is 10.1. The molecule has 1 heterocycles. The molecule has 11 heavy (non-hydrogen) atoms. The molecule has 1 saturated carbocycles. The zero-order chi connectivity index (χ0) is 8.06. The molecule has 1 fully saturated rings. The van der Waals surface area contributed by atoms with Gasteiger partial charge >= 0.3 is 0 Å². The highest BCUT2D eigenvalue weighted by molar-refractivity contribution is 9.10. The van der Waals surface area contributed by atoms with E-state index in [0.717, 1.165) is 23.0 Å². The molecule has 0 saturated heterocycles. The van der Waals surface area contributed by atoms with Crippen LogP contribution >= 0.6 is 15.9 Å².